The predicted molar refractivity (Wildman–Crippen MR) is 43.6 cm³/mol. The second kappa shape index (κ2) is 3.55. The quantitative estimate of drug-likeness (QED) is 0.444. The van der Waals surface area contributed by atoms with Crippen LogP contribution >= 0.6 is 23.2 Å². The monoisotopic (exact) mass is 247 g/mol. The number of hydrogen-bond acceptors (Lipinski definition) is 1. The van der Waals surface area contributed by atoms with Crippen LogP contribution in [0.4, 0.5) is 17.6 Å². The van der Waals surface area contributed by atoms with Crippen LogP contribution in [0.1, 0.15) is 5.56 Å². The maximum atomic E-state index is 13.0. The van der Waals surface area contributed by atoms with Gasteiger partial charge in [-0.25, -0.2) is 9.37 Å². The van der Waals surface area contributed by atoms with Gasteiger partial charge in [0.25, 0.3) is 0 Å². The maximum absolute atomic E-state index is 13.0. The molecule has 0 spiro atoms. The van der Waals surface area contributed by atoms with Crippen LogP contribution in [0.2, 0.25) is 0 Å². The summed E-state index contributed by atoms with van der Waals surface area (Å²) in [5.74, 6) is -5.10. The van der Waals surface area contributed by atoms with Gasteiger partial charge in [-0.2, -0.15) is 13.2 Å². The van der Waals surface area contributed by atoms with Crippen LogP contribution in [-0.4, -0.2) is 9.57 Å². The number of rotatable bonds is 2. The van der Waals surface area contributed by atoms with E-state index in [0.717, 1.165) is 0 Å². The highest BCUT2D eigenvalue weighted by atomic mass is 35.5. The molecule has 0 radical (unpaired) electrons. The summed E-state index contributed by atoms with van der Waals surface area (Å²) in [5, 5.41) is 0. The average Bonchev–Trinajstić information content (AvgIpc) is 2.03. The van der Waals surface area contributed by atoms with Crippen LogP contribution in [0.3, 0.4) is 0 Å². The Hall–Kier alpha value is -0.550. The van der Waals surface area contributed by atoms with Crippen molar-refractivity contribution >= 4 is 23.2 Å². The van der Waals surface area contributed by atoms with Crippen molar-refractivity contribution in [1.29, 1.82) is 0 Å². The van der Waals surface area contributed by atoms with E-state index in [9.17, 15) is 17.6 Å². The third-order valence-corrected chi connectivity index (χ3v) is 1.92. The lowest BCUT2D eigenvalue weighted by molar-refractivity contribution is -0.0653. The van der Waals surface area contributed by atoms with Gasteiger partial charge in [0.1, 0.15) is 0 Å². The molecular formula is C7H3Cl2F4N. The topological polar surface area (TPSA) is 12.9 Å². The summed E-state index contributed by atoms with van der Waals surface area (Å²) in [4.78, 5) is 2.93. The van der Waals surface area contributed by atoms with Crippen molar-refractivity contribution < 1.29 is 17.6 Å². The molecule has 0 aliphatic heterocycles. The van der Waals surface area contributed by atoms with Crippen LogP contribution in [-0.2, 0) is 5.92 Å². The molecule has 0 aliphatic carbocycles. The number of halogens is 6. The van der Waals surface area contributed by atoms with E-state index in [-0.39, 0.29) is 0 Å². The molecule has 14 heavy (non-hydrogen) atoms. The first-order valence-corrected chi connectivity index (χ1v) is 4.07. The lowest BCUT2D eigenvalue weighted by Crippen LogP contribution is -2.31. The molecule has 0 N–H and O–H groups in total. The highest BCUT2D eigenvalue weighted by molar-refractivity contribution is 6.47. The molecule has 0 fully saturated rings. The van der Waals surface area contributed by atoms with E-state index in [1.54, 1.807) is 0 Å². The van der Waals surface area contributed by atoms with Crippen molar-refractivity contribution in [2.24, 2.45) is 0 Å². The second-order valence-corrected chi connectivity index (χ2v) is 3.68. The van der Waals surface area contributed by atoms with E-state index < -0.39 is 22.0 Å². The standard InChI is InChI=1S/C7H3Cl2F4N/c8-7(9,13)6(11,12)4-1-2-5(10)14-3-4/h1-3H. The van der Waals surface area contributed by atoms with E-state index in [0.29, 0.717) is 18.3 Å². The van der Waals surface area contributed by atoms with Crippen molar-refractivity contribution in [1.82, 2.24) is 4.98 Å². The van der Waals surface area contributed by atoms with E-state index >= 15 is 0 Å². The van der Waals surface area contributed by atoms with Gasteiger partial charge in [-0.1, -0.05) is 23.2 Å². The van der Waals surface area contributed by atoms with Gasteiger partial charge in [0.15, 0.2) is 0 Å². The van der Waals surface area contributed by atoms with Crippen molar-refractivity contribution in [3.8, 4) is 0 Å². The SMILES string of the molecule is Fc1ccc(C(F)(F)C(F)(Cl)Cl)cn1. The lowest BCUT2D eigenvalue weighted by Gasteiger charge is -2.22. The molecular weight excluding hydrogens is 245 g/mol. The van der Waals surface area contributed by atoms with Gasteiger partial charge in [0.2, 0.25) is 5.95 Å². The first kappa shape index (κ1) is 11.5. The fourth-order valence-electron chi connectivity index (χ4n) is 0.725. The zero-order valence-corrected chi connectivity index (χ0v) is 7.96. The van der Waals surface area contributed by atoms with Gasteiger partial charge in [0.05, 0.1) is 0 Å². The number of alkyl halides is 5. The van der Waals surface area contributed by atoms with Crippen LogP contribution < -0.4 is 0 Å². The Bertz CT molecular complexity index is 319. The molecule has 78 valence electrons. The number of hydrogen-bond donors (Lipinski definition) is 0. The van der Waals surface area contributed by atoms with Crippen molar-refractivity contribution in [3.63, 3.8) is 0 Å². The van der Waals surface area contributed by atoms with E-state index in [2.05, 4.69) is 28.2 Å². The van der Waals surface area contributed by atoms with Crippen LogP contribution in [0.5, 0.6) is 0 Å². The number of nitrogens with zero attached hydrogens (tertiary/aromatic N) is 1. The molecule has 0 saturated carbocycles. The fourth-order valence-corrected chi connectivity index (χ4v) is 0.943. The Morgan fingerprint density at radius 2 is 1.71 bits per heavy atom. The van der Waals surface area contributed by atoms with E-state index in [1.807, 2.05) is 0 Å². The molecule has 0 amide bonds. The van der Waals surface area contributed by atoms with Gasteiger partial charge in [-0.3, -0.25) is 0 Å². The fraction of sp³-hybridized carbons (Fsp3) is 0.286. The van der Waals surface area contributed by atoms with Gasteiger partial charge < -0.3 is 0 Å². The minimum atomic E-state index is -4.14. The Morgan fingerprint density at radius 3 is 2.07 bits per heavy atom. The molecule has 0 aromatic carbocycles. The summed E-state index contributed by atoms with van der Waals surface area (Å²) < 4.78 is 47.1. The minimum absolute atomic E-state index is 0.467. The van der Waals surface area contributed by atoms with Crippen molar-refractivity contribution in [2.75, 3.05) is 0 Å². The van der Waals surface area contributed by atoms with Gasteiger partial charge >= 0.3 is 10.5 Å². The Labute approximate surface area is 86.6 Å². The summed E-state index contributed by atoms with van der Waals surface area (Å²) in [7, 11) is 0. The molecule has 1 heterocycles. The third kappa shape index (κ3) is 2.09. The van der Waals surface area contributed by atoms with Gasteiger partial charge in [-0.05, 0) is 12.1 Å². The van der Waals surface area contributed by atoms with Crippen LogP contribution in [0.25, 0.3) is 0 Å². The summed E-state index contributed by atoms with van der Waals surface area (Å²) in [6, 6.07) is 1.31. The molecule has 1 rings (SSSR count). The molecule has 0 aliphatic rings. The van der Waals surface area contributed by atoms with Crippen molar-refractivity contribution in [2.45, 2.75) is 10.5 Å². The average molecular weight is 248 g/mol. The summed E-state index contributed by atoms with van der Waals surface area (Å²) >= 11 is 9.25. The lowest BCUT2D eigenvalue weighted by atomic mass is 10.1. The highest BCUT2D eigenvalue weighted by Gasteiger charge is 2.54. The molecule has 1 aromatic rings. The molecule has 0 atom stereocenters. The van der Waals surface area contributed by atoms with E-state index in [4.69, 9.17) is 0 Å². The Balaban J connectivity index is 3.10. The van der Waals surface area contributed by atoms with Gasteiger partial charge in [0, 0.05) is 11.8 Å². The van der Waals surface area contributed by atoms with E-state index in [1.165, 1.54) is 0 Å². The normalized spacial score (nSPS) is 13.0. The van der Waals surface area contributed by atoms with Crippen LogP contribution in [0, 0.1) is 5.95 Å². The Kier molecular flexibility index (Phi) is 2.92. The summed E-state index contributed by atoms with van der Waals surface area (Å²) in [6.45, 7) is 0. The molecule has 0 bridgehead atoms. The first-order valence-electron chi connectivity index (χ1n) is 3.32. The summed E-state index contributed by atoms with van der Waals surface area (Å²) in [5.41, 5.74) is -0.897. The maximum Gasteiger partial charge on any atom is 0.336 e. The zero-order valence-electron chi connectivity index (χ0n) is 6.45. The molecule has 1 nitrogen and oxygen atoms in total. The first-order chi connectivity index (χ1) is 6.25. The summed E-state index contributed by atoms with van der Waals surface area (Å²) in [6.07, 6.45) is 0.467. The predicted octanol–water partition coefficient (Wildman–Crippen LogP) is 3.41. The molecule has 7 heteroatoms. The zero-order chi connectivity index (χ0) is 11.0. The molecule has 0 unspecified atom stereocenters. The molecule has 0 saturated heterocycles. The van der Waals surface area contributed by atoms with Gasteiger partial charge in [-0.15, -0.1) is 0 Å². The largest absolute Gasteiger partial charge is 0.336 e. The number of aromatic nitrogens is 1. The number of pyridine rings is 1. The Morgan fingerprint density at radius 1 is 1.14 bits per heavy atom. The minimum Gasteiger partial charge on any atom is -0.228 e. The molecule has 1 aromatic heterocycles. The highest BCUT2D eigenvalue weighted by Crippen LogP contribution is 2.46. The van der Waals surface area contributed by atoms with Crippen molar-refractivity contribution in [3.05, 3.63) is 29.8 Å². The second-order valence-electron chi connectivity index (χ2n) is 2.44. The third-order valence-electron chi connectivity index (χ3n) is 1.45. The van der Waals surface area contributed by atoms with Crippen LogP contribution in [0.15, 0.2) is 18.3 Å². The smallest absolute Gasteiger partial charge is 0.228 e.